The van der Waals surface area contributed by atoms with Gasteiger partial charge in [-0.1, -0.05) is 38.5 Å². The molecule has 1 amide bonds. The third-order valence-electron chi connectivity index (χ3n) is 5.47. The average molecular weight is 589 g/mol. The van der Waals surface area contributed by atoms with Crippen LogP contribution in [0, 0.1) is 6.92 Å². The molecule has 0 bridgehead atoms. The highest BCUT2D eigenvalue weighted by atomic mass is 32.2. The van der Waals surface area contributed by atoms with Crippen molar-refractivity contribution >= 4 is 30.1 Å². The molecule has 2 fully saturated rings. The summed E-state index contributed by atoms with van der Waals surface area (Å²) < 4.78 is 50.5. The first-order valence-corrected chi connectivity index (χ1v) is 14.8. The summed E-state index contributed by atoms with van der Waals surface area (Å²) in [5.74, 6) is 0.626. The largest absolute Gasteiger partial charge is 0.490 e. The van der Waals surface area contributed by atoms with Crippen LogP contribution in [0.15, 0.2) is 58.3 Å². The minimum absolute atomic E-state index is 0.102. The fraction of sp³-hybridized carbons (Fsp3) is 0.536. The van der Waals surface area contributed by atoms with E-state index in [1.165, 1.54) is 29.0 Å². The number of piperidine rings is 1. The molecule has 218 valence electrons. The Kier molecular flexibility index (Phi) is 15.7. The lowest BCUT2D eigenvalue weighted by Gasteiger charge is -2.31. The third-order valence-corrected chi connectivity index (χ3v) is 7.48. The van der Waals surface area contributed by atoms with Gasteiger partial charge in [0.1, 0.15) is 11.9 Å². The normalized spacial score (nSPS) is 18.2. The van der Waals surface area contributed by atoms with Crippen LogP contribution in [-0.2, 0) is 14.4 Å². The van der Waals surface area contributed by atoms with E-state index in [2.05, 4.69) is 42.7 Å². The van der Waals surface area contributed by atoms with Crippen LogP contribution in [0.1, 0.15) is 57.9 Å². The van der Waals surface area contributed by atoms with Gasteiger partial charge in [0.25, 0.3) is 0 Å². The molecule has 0 spiro atoms. The molecule has 2 saturated heterocycles. The Bertz CT molecular complexity index is 937. The number of alkyl halides is 3. The maximum Gasteiger partial charge on any atom is 0.446 e. The maximum atomic E-state index is 12.4. The summed E-state index contributed by atoms with van der Waals surface area (Å²) in [5.41, 5.74) is -0.877. The number of carbonyl (C=O) groups excluding carboxylic acids is 1. The number of hydrogen-bond acceptors (Lipinski definition) is 7. The van der Waals surface area contributed by atoms with Crippen molar-refractivity contribution in [2.45, 2.75) is 87.0 Å². The summed E-state index contributed by atoms with van der Waals surface area (Å²) >= 11 is 1.67. The van der Waals surface area contributed by atoms with Crippen molar-refractivity contribution in [3.63, 3.8) is 0 Å². The highest BCUT2D eigenvalue weighted by molar-refractivity contribution is 8.00. The number of hydrogen-bond donors (Lipinski definition) is 1. The van der Waals surface area contributed by atoms with Crippen molar-refractivity contribution in [1.29, 1.82) is 0 Å². The van der Waals surface area contributed by atoms with Gasteiger partial charge in [-0.15, -0.1) is 0 Å². The van der Waals surface area contributed by atoms with Crippen LogP contribution in [0.3, 0.4) is 0 Å². The Balaban J connectivity index is 0.000000341. The first kappa shape index (κ1) is 33.3. The Hall–Kier alpha value is -1.92. The molecule has 2 aromatic carbocycles. The first-order chi connectivity index (χ1) is 18.7. The molecule has 2 aliphatic heterocycles. The van der Waals surface area contributed by atoms with Crippen molar-refractivity contribution in [2.24, 2.45) is 0 Å². The number of rotatable bonds is 8. The molecule has 1 N–H and O–H groups in total. The summed E-state index contributed by atoms with van der Waals surface area (Å²) in [6.07, 6.45) is 6.46. The maximum absolute atomic E-state index is 12.4. The summed E-state index contributed by atoms with van der Waals surface area (Å²) in [4.78, 5) is 16.0. The fourth-order valence-electron chi connectivity index (χ4n) is 3.66. The molecule has 0 aliphatic carbocycles. The van der Waals surface area contributed by atoms with E-state index in [0.29, 0.717) is 12.2 Å². The molecular weight excluding hydrogens is 549 g/mol. The zero-order valence-electron chi connectivity index (χ0n) is 22.7. The van der Waals surface area contributed by atoms with Gasteiger partial charge in [-0.25, -0.2) is 14.6 Å². The van der Waals surface area contributed by atoms with Crippen LogP contribution in [0.4, 0.5) is 13.2 Å². The number of nitrogens with one attached hydrogen (secondary N) is 1. The lowest BCUT2D eigenvalue weighted by atomic mass is 10.1. The second-order valence-corrected chi connectivity index (χ2v) is 11.3. The summed E-state index contributed by atoms with van der Waals surface area (Å²) in [6, 6.07) is 14.5. The highest BCUT2D eigenvalue weighted by Crippen LogP contribution is 2.37. The van der Waals surface area contributed by atoms with Crippen LogP contribution < -0.4 is 10.2 Å². The molecule has 2 aromatic rings. The smallest absolute Gasteiger partial charge is 0.446 e. The number of nitrogens with zero attached hydrogens (tertiary/aromatic N) is 1. The minimum Gasteiger partial charge on any atom is -0.490 e. The van der Waals surface area contributed by atoms with Crippen molar-refractivity contribution in [1.82, 2.24) is 9.79 Å². The molecule has 0 radical (unpaired) electrons. The van der Waals surface area contributed by atoms with Gasteiger partial charge in [-0.3, -0.25) is 4.79 Å². The summed E-state index contributed by atoms with van der Waals surface area (Å²) in [5, 5.41) is 0. The molecule has 4 rings (SSSR count). The number of halogens is 3. The van der Waals surface area contributed by atoms with E-state index in [-0.39, 0.29) is 29.1 Å². The van der Waals surface area contributed by atoms with Crippen molar-refractivity contribution in [3.8, 4) is 5.75 Å². The predicted molar refractivity (Wildman–Crippen MR) is 150 cm³/mol. The van der Waals surface area contributed by atoms with Crippen molar-refractivity contribution in [3.05, 3.63) is 54.1 Å². The zero-order chi connectivity index (χ0) is 28.5. The molecule has 6 nitrogen and oxygen atoms in total. The molecule has 1 unspecified atom stereocenters. The van der Waals surface area contributed by atoms with Gasteiger partial charge in [-0.05, 0) is 92.2 Å². The first-order valence-electron chi connectivity index (χ1n) is 13.2. The molecule has 2 aliphatic rings. The van der Waals surface area contributed by atoms with Crippen molar-refractivity contribution < 1.29 is 32.3 Å². The zero-order valence-corrected chi connectivity index (χ0v) is 24.4. The Labute approximate surface area is 238 Å². The highest BCUT2D eigenvalue weighted by Gasteiger charge is 2.29. The molecular formula is C28H39F3N2O4S2. The number of hydroxylamine groups is 1. The van der Waals surface area contributed by atoms with Gasteiger partial charge in [0.05, 0.1) is 0 Å². The molecule has 0 saturated carbocycles. The van der Waals surface area contributed by atoms with Crippen LogP contribution in [0.2, 0.25) is 0 Å². The molecule has 11 heteroatoms. The Morgan fingerprint density at radius 3 is 2.28 bits per heavy atom. The summed E-state index contributed by atoms with van der Waals surface area (Å²) in [6.45, 7) is 8.93. The third kappa shape index (κ3) is 14.3. The van der Waals surface area contributed by atoms with Crippen LogP contribution in [0.5, 0.6) is 5.75 Å². The van der Waals surface area contributed by atoms with Gasteiger partial charge < -0.3 is 9.47 Å². The van der Waals surface area contributed by atoms with E-state index in [1.807, 2.05) is 12.1 Å². The SMILES string of the molecule is CCC.Cc1ccccc1SN1CCC(Oc2ccc(SC(F)(F)F)cc2)CC1.O=CNOC1CCCCO1. The van der Waals surface area contributed by atoms with Crippen LogP contribution in [-0.4, -0.2) is 48.3 Å². The van der Waals surface area contributed by atoms with E-state index in [1.54, 1.807) is 24.1 Å². The Morgan fingerprint density at radius 2 is 1.72 bits per heavy atom. The number of carbonyl (C=O) groups is 1. The lowest BCUT2D eigenvalue weighted by molar-refractivity contribution is -0.195. The van der Waals surface area contributed by atoms with Crippen molar-refractivity contribution in [2.75, 3.05) is 19.7 Å². The van der Waals surface area contributed by atoms with E-state index in [9.17, 15) is 18.0 Å². The Morgan fingerprint density at radius 1 is 1.05 bits per heavy atom. The molecule has 39 heavy (non-hydrogen) atoms. The molecule has 2 heterocycles. The number of benzene rings is 2. The summed E-state index contributed by atoms with van der Waals surface area (Å²) in [7, 11) is 0. The number of amides is 1. The van der Waals surface area contributed by atoms with E-state index < -0.39 is 5.51 Å². The van der Waals surface area contributed by atoms with Gasteiger partial charge in [0.2, 0.25) is 6.41 Å². The van der Waals surface area contributed by atoms with E-state index in [4.69, 9.17) is 14.3 Å². The van der Waals surface area contributed by atoms with E-state index in [0.717, 1.165) is 51.8 Å². The van der Waals surface area contributed by atoms with Gasteiger partial charge in [-0.2, -0.15) is 13.2 Å². The van der Waals surface area contributed by atoms with Gasteiger partial charge in [0, 0.05) is 35.9 Å². The standard InChI is InChI=1S/C19H20F3NOS2.C6H11NO3.C3H8/c1-14-4-2-3-5-18(14)26-23-12-10-16(11-13-23)24-15-6-8-17(9-7-15)25-19(20,21)22;8-5-7-10-6-3-1-2-4-9-6;1-3-2/h2-9,16H,10-13H2,1H3;5-6H,1-4H2,(H,7,8);3H2,1-2H3. The van der Waals surface area contributed by atoms with Crippen LogP contribution in [0.25, 0.3) is 0 Å². The second-order valence-electron chi connectivity index (χ2n) is 8.98. The molecule has 1 atom stereocenters. The average Bonchev–Trinajstić information content (AvgIpc) is 2.92. The van der Waals surface area contributed by atoms with Crippen LogP contribution >= 0.6 is 23.7 Å². The number of aryl methyl sites for hydroxylation is 1. The minimum atomic E-state index is -4.26. The monoisotopic (exact) mass is 588 g/mol. The molecule has 0 aromatic heterocycles. The lowest BCUT2D eigenvalue weighted by Crippen LogP contribution is -2.34. The quantitative estimate of drug-likeness (QED) is 0.146. The van der Waals surface area contributed by atoms with E-state index >= 15 is 0 Å². The topological polar surface area (TPSA) is 60.0 Å². The van der Waals surface area contributed by atoms with Gasteiger partial charge in [0.15, 0.2) is 6.29 Å². The number of ether oxygens (including phenoxy) is 2. The second kappa shape index (κ2) is 18.4. The fourth-order valence-corrected chi connectivity index (χ4v) is 5.22. The predicted octanol–water partition coefficient (Wildman–Crippen LogP) is 7.76. The number of thioether (sulfide) groups is 1. The van der Waals surface area contributed by atoms with Gasteiger partial charge >= 0.3 is 5.51 Å².